The van der Waals surface area contributed by atoms with Crippen LogP contribution in [0.2, 0.25) is 0 Å². The molecule has 1 unspecified atom stereocenters. The summed E-state index contributed by atoms with van der Waals surface area (Å²) in [5.74, 6) is 2.32. The van der Waals surface area contributed by atoms with E-state index in [9.17, 15) is 4.79 Å². The lowest BCUT2D eigenvalue weighted by atomic mass is 10.3. The molecule has 0 radical (unpaired) electrons. The summed E-state index contributed by atoms with van der Waals surface area (Å²) in [5, 5.41) is 4.07. The van der Waals surface area contributed by atoms with Crippen LogP contribution in [-0.4, -0.2) is 22.2 Å². The minimum Gasteiger partial charge on any atom is -0.433 e. The maximum absolute atomic E-state index is 11.6. The van der Waals surface area contributed by atoms with Gasteiger partial charge in [-0.2, -0.15) is 0 Å². The van der Waals surface area contributed by atoms with Gasteiger partial charge in [0.05, 0.1) is 5.69 Å². The number of carbonyl (C=O) groups excluding carboxylic acids is 1. The fourth-order valence-corrected chi connectivity index (χ4v) is 2.38. The average Bonchev–Trinajstić information content (AvgIpc) is 2.81. The van der Waals surface area contributed by atoms with Crippen molar-refractivity contribution in [2.75, 3.05) is 5.32 Å². The second-order valence-corrected chi connectivity index (χ2v) is 5.01. The number of thiazole rings is 1. The fourth-order valence-electron chi connectivity index (χ4n) is 1.44. The molecule has 6 heteroatoms. The van der Waals surface area contributed by atoms with Crippen LogP contribution in [0.5, 0.6) is 0 Å². The van der Waals surface area contributed by atoms with Gasteiger partial charge >= 0.3 is 6.09 Å². The van der Waals surface area contributed by atoms with Crippen molar-refractivity contribution in [2.45, 2.75) is 20.0 Å². The number of carbonyl (C=O) groups is 1. The highest BCUT2D eigenvalue weighted by Crippen LogP contribution is 2.31. The molecule has 0 aliphatic carbocycles. The number of terminal acetylenes is 1. The molecule has 0 aliphatic heterocycles. The van der Waals surface area contributed by atoms with E-state index in [1.165, 1.54) is 11.3 Å². The van der Waals surface area contributed by atoms with Crippen molar-refractivity contribution in [3.63, 3.8) is 0 Å². The number of ether oxygens (including phenoxy) is 1. The van der Waals surface area contributed by atoms with Crippen molar-refractivity contribution in [1.82, 2.24) is 9.97 Å². The molecule has 1 N–H and O–H groups in total. The van der Waals surface area contributed by atoms with Crippen molar-refractivity contribution in [1.29, 1.82) is 0 Å². The standard InChI is InChI=1S/C14H13N3O2S/c1-4-9(2)19-14(18)17-12-10(3)16-13(20-12)11-6-5-7-15-8-11/h1,5-9H,2-3H3,(H,17,18). The van der Waals surface area contributed by atoms with Crippen LogP contribution in [0, 0.1) is 19.3 Å². The Morgan fingerprint density at radius 2 is 2.40 bits per heavy atom. The second kappa shape index (κ2) is 6.17. The molecular formula is C14H13N3O2S. The Balaban J connectivity index is 2.13. The zero-order chi connectivity index (χ0) is 14.5. The Kier molecular flexibility index (Phi) is 4.33. The van der Waals surface area contributed by atoms with Gasteiger partial charge in [-0.15, -0.1) is 6.42 Å². The molecule has 102 valence electrons. The molecule has 0 aromatic carbocycles. The third kappa shape index (κ3) is 3.33. The highest BCUT2D eigenvalue weighted by atomic mass is 32.1. The van der Waals surface area contributed by atoms with Crippen molar-refractivity contribution in [2.24, 2.45) is 0 Å². The van der Waals surface area contributed by atoms with Crippen molar-refractivity contribution in [3.8, 4) is 22.9 Å². The first kappa shape index (κ1) is 14.0. The molecule has 2 heterocycles. The number of aryl methyl sites for hydroxylation is 1. The van der Waals surface area contributed by atoms with E-state index in [1.54, 1.807) is 19.3 Å². The number of pyridine rings is 1. The highest BCUT2D eigenvalue weighted by molar-refractivity contribution is 7.19. The maximum atomic E-state index is 11.6. The molecule has 2 aromatic heterocycles. The number of hydrogen-bond donors (Lipinski definition) is 1. The minimum atomic E-state index is -0.583. The molecule has 0 fully saturated rings. The van der Waals surface area contributed by atoms with E-state index in [-0.39, 0.29) is 0 Å². The molecule has 1 amide bonds. The summed E-state index contributed by atoms with van der Waals surface area (Å²) in [6, 6.07) is 3.75. The Labute approximate surface area is 121 Å². The molecule has 5 nitrogen and oxygen atoms in total. The van der Waals surface area contributed by atoms with E-state index in [0.717, 1.165) is 16.3 Å². The van der Waals surface area contributed by atoms with Crippen LogP contribution in [0.1, 0.15) is 12.6 Å². The Morgan fingerprint density at radius 3 is 3.05 bits per heavy atom. The lowest BCUT2D eigenvalue weighted by Crippen LogP contribution is -2.18. The Hall–Kier alpha value is -2.39. The molecule has 0 spiro atoms. The molecule has 0 saturated heterocycles. The second-order valence-electron chi connectivity index (χ2n) is 4.01. The quantitative estimate of drug-likeness (QED) is 0.881. The summed E-state index contributed by atoms with van der Waals surface area (Å²) in [6.45, 7) is 3.44. The number of rotatable bonds is 3. The minimum absolute atomic E-state index is 0.568. The van der Waals surface area contributed by atoms with E-state index < -0.39 is 12.2 Å². The van der Waals surface area contributed by atoms with Crippen LogP contribution in [0.25, 0.3) is 10.6 Å². The van der Waals surface area contributed by atoms with Crippen LogP contribution in [0.15, 0.2) is 24.5 Å². The zero-order valence-corrected chi connectivity index (χ0v) is 11.9. The first-order valence-corrected chi connectivity index (χ1v) is 6.73. The van der Waals surface area contributed by atoms with Gasteiger partial charge in [0.15, 0.2) is 6.10 Å². The summed E-state index contributed by atoms with van der Waals surface area (Å²) in [4.78, 5) is 20.1. The van der Waals surface area contributed by atoms with Gasteiger partial charge in [0.25, 0.3) is 0 Å². The van der Waals surface area contributed by atoms with E-state index >= 15 is 0 Å². The van der Waals surface area contributed by atoms with Gasteiger partial charge < -0.3 is 4.74 Å². The molecule has 2 rings (SSSR count). The summed E-state index contributed by atoms with van der Waals surface area (Å²) in [6.07, 6.45) is 7.42. The normalized spacial score (nSPS) is 11.4. The number of anilines is 1. The van der Waals surface area contributed by atoms with Crippen molar-refractivity contribution in [3.05, 3.63) is 30.2 Å². The van der Waals surface area contributed by atoms with Gasteiger partial charge in [-0.05, 0) is 26.0 Å². The van der Waals surface area contributed by atoms with E-state index in [2.05, 4.69) is 21.2 Å². The third-order valence-corrected chi connectivity index (χ3v) is 3.56. The Morgan fingerprint density at radius 1 is 1.60 bits per heavy atom. The number of aromatic nitrogens is 2. The van der Waals surface area contributed by atoms with Gasteiger partial charge in [-0.25, -0.2) is 9.78 Å². The molecule has 0 saturated carbocycles. The summed E-state index contributed by atoms with van der Waals surface area (Å²) >= 11 is 1.36. The van der Waals surface area contributed by atoms with Gasteiger partial charge in [-0.3, -0.25) is 10.3 Å². The Bertz CT molecular complexity index is 646. The van der Waals surface area contributed by atoms with Crippen LogP contribution >= 0.6 is 11.3 Å². The van der Waals surface area contributed by atoms with Gasteiger partial charge in [0.1, 0.15) is 10.0 Å². The predicted molar refractivity (Wildman–Crippen MR) is 78.5 cm³/mol. The van der Waals surface area contributed by atoms with E-state index in [4.69, 9.17) is 11.2 Å². The van der Waals surface area contributed by atoms with Crippen molar-refractivity contribution >= 4 is 22.4 Å². The number of nitrogens with one attached hydrogen (secondary N) is 1. The van der Waals surface area contributed by atoms with E-state index in [1.807, 2.05) is 19.1 Å². The van der Waals surface area contributed by atoms with Crippen LogP contribution in [0.4, 0.5) is 9.80 Å². The molecule has 0 aliphatic rings. The van der Waals surface area contributed by atoms with Crippen LogP contribution < -0.4 is 5.32 Å². The van der Waals surface area contributed by atoms with Crippen molar-refractivity contribution < 1.29 is 9.53 Å². The number of amides is 1. The average molecular weight is 287 g/mol. The summed E-state index contributed by atoms with van der Waals surface area (Å²) in [5.41, 5.74) is 1.62. The van der Waals surface area contributed by atoms with Gasteiger partial charge in [0.2, 0.25) is 0 Å². The van der Waals surface area contributed by atoms with Crippen LogP contribution in [-0.2, 0) is 4.74 Å². The number of hydrogen-bond acceptors (Lipinski definition) is 5. The molecule has 2 aromatic rings. The fraction of sp³-hybridized carbons (Fsp3) is 0.214. The number of nitrogens with zero attached hydrogens (tertiary/aromatic N) is 2. The topological polar surface area (TPSA) is 64.1 Å². The van der Waals surface area contributed by atoms with Crippen LogP contribution in [0.3, 0.4) is 0 Å². The van der Waals surface area contributed by atoms with E-state index in [0.29, 0.717) is 5.00 Å². The summed E-state index contributed by atoms with van der Waals surface area (Å²) in [7, 11) is 0. The van der Waals surface area contributed by atoms with Gasteiger partial charge in [0, 0.05) is 18.0 Å². The molecule has 0 bridgehead atoms. The molecule has 20 heavy (non-hydrogen) atoms. The SMILES string of the molecule is C#CC(C)OC(=O)Nc1sc(-c2cccnc2)nc1C. The maximum Gasteiger partial charge on any atom is 0.413 e. The zero-order valence-electron chi connectivity index (χ0n) is 11.1. The lowest BCUT2D eigenvalue weighted by Gasteiger charge is -2.07. The molecule has 1 atom stereocenters. The highest BCUT2D eigenvalue weighted by Gasteiger charge is 2.14. The first-order valence-electron chi connectivity index (χ1n) is 5.91. The lowest BCUT2D eigenvalue weighted by molar-refractivity contribution is 0.145. The third-order valence-electron chi connectivity index (χ3n) is 2.44. The predicted octanol–water partition coefficient (Wildman–Crippen LogP) is 3.08. The smallest absolute Gasteiger partial charge is 0.413 e. The first-order chi connectivity index (χ1) is 9.60. The molecular weight excluding hydrogens is 274 g/mol. The van der Waals surface area contributed by atoms with Gasteiger partial charge in [-0.1, -0.05) is 17.3 Å². The largest absolute Gasteiger partial charge is 0.433 e. The summed E-state index contributed by atoms with van der Waals surface area (Å²) < 4.78 is 4.95. The monoisotopic (exact) mass is 287 g/mol.